The summed E-state index contributed by atoms with van der Waals surface area (Å²) in [7, 11) is 0. The van der Waals surface area contributed by atoms with Crippen LogP contribution in [0.15, 0.2) is 45.3 Å². The van der Waals surface area contributed by atoms with Crippen LogP contribution in [0.3, 0.4) is 0 Å². The zero-order valence-electron chi connectivity index (χ0n) is 11.1. The molecule has 3 aromatic rings. The molecule has 0 spiro atoms. The zero-order chi connectivity index (χ0) is 15.0. The van der Waals surface area contributed by atoms with E-state index in [2.05, 4.69) is 26.2 Å². The summed E-state index contributed by atoms with van der Waals surface area (Å²) in [6.45, 7) is 2.00. The molecule has 6 heteroatoms. The van der Waals surface area contributed by atoms with E-state index in [1.54, 1.807) is 6.07 Å². The van der Waals surface area contributed by atoms with E-state index >= 15 is 0 Å². The Bertz CT molecular complexity index is 842. The first-order valence-electron chi connectivity index (χ1n) is 6.20. The van der Waals surface area contributed by atoms with Crippen molar-refractivity contribution in [1.82, 2.24) is 4.98 Å². The molecule has 0 radical (unpaired) electrons. The molecule has 0 saturated carbocycles. The first-order chi connectivity index (χ1) is 10.0. The van der Waals surface area contributed by atoms with E-state index in [-0.39, 0.29) is 5.56 Å². The number of nitrogens with one attached hydrogen (secondary N) is 1. The third-order valence-corrected chi connectivity index (χ3v) is 3.66. The summed E-state index contributed by atoms with van der Waals surface area (Å²) in [5.41, 5.74) is 3.16. The predicted octanol–water partition coefficient (Wildman–Crippen LogP) is 4.34. The van der Waals surface area contributed by atoms with Crippen LogP contribution in [0.1, 0.15) is 15.9 Å². The number of hydrogen-bond acceptors (Lipinski definition) is 4. The highest BCUT2D eigenvalue weighted by Gasteiger charge is 2.10. The molecular formula is C15H11BrN2O3. The van der Waals surface area contributed by atoms with E-state index in [0.717, 1.165) is 15.7 Å². The molecule has 0 saturated heterocycles. The van der Waals surface area contributed by atoms with Crippen LogP contribution in [0.5, 0.6) is 0 Å². The van der Waals surface area contributed by atoms with Crippen LogP contribution in [0.2, 0.25) is 0 Å². The summed E-state index contributed by atoms with van der Waals surface area (Å²) in [5, 5.41) is 12.0. The molecule has 0 unspecified atom stereocenters. The number of oxazole rings is 1. The summed E-state index contributed by atoms with van der Waals surface area (Å²) < 4.78 is 6.44. The van der Waals surface area contributed by atoms with Gasteiger partial charge in [-0.2, -0.15) is 4.98 Å². The van der Waals surface area contributed by atoms with E-state index in [0.29, 0.717) is 17.1 Å². The highest BCUT2D eigenvalue weighted by Crippen LogP contribution is 2.28. The van der Waals surface area contributed by atoms with Crippen molar-refractivity contribution >= 4 is 44.7 Å². The summed E-state index contributed by atoms with van der Waals surface area (Å²) in [6.07, 6.45) is 0. The van der Waals surface area contributed by atoms with Gasteiger partial charge in [-0.25, -0.2) is 4.79 Å². The first kappa shape index (κ1) is 13.6. The monoisotopic (exact) mass is 346 g/mol. The Morgan fingerprint density at radius 2 is 2.10 bits per heavy atom. The van der Waals surface area contributed by atoms with Crippen molar-refractivity contribution in [2.75, 3.05) is 5.32 Å². The Kier molecular flexibility index (Phi) is 3.39. The average molecular weight is 347 g/mol. The standard InChI is InChI=1S/C15H11BrN2O3/c1-8-2-4-11(10(16)6-8)17-15-18-12-5-3-9(14(19)20)7-13(12)21-15/h2-7H,1H3,(H,17,18)(H,19,20). The zero-order valence-corrected chi connectivity index (χ0v) is 12.6. The number of aromatic carboxylic acids is 1. The van der Waals surface area contributed by atoms with Gasteiger partial charge in [-0.05, 0) is 58.7 Å². The van der Waals surface area contributed by atoms with Crippen LogP contribution in [0.25, 0.3) is 11.1 Å². The smallest absolute Gasteiger partial charge is 0.335 e. The molecule has 2 aromatic carbocycles. The Hall–Kier alpha value is -2.34. The third kappa shape index (κ3) is 2.75. The quantitative estimate of drug-likeness (QED) is 0.737. The van der Waals surface area contributed by atoms with Crippen molar-refractivity contribution in [2.24, 2.45) is 0 Å². The fourth-order valence-electron chi connectivity index (χ4n) is 1.95. The number of rotatable bonds is 3. The first-order valence-corrected chi connectivity index (χ1v) is 6.99. The van der Waals surface area contributed by atoms with Crippen molar-refractivity contribution in [1.29, 1.82) is 0 Å². The van der Waals surface area contributed by atoms with Gasteiger partial charge in [0.2, 0.25) is 0 Å². The van der Waals surface area contributed by atoms with E-state index in [1.807, 2.05) is 25.1 Å². The summed E-state index contributed by atoms with van der Waals surface area (Å²) in [4.78, 5) is 15.2. The number of anilines is 2. The number of halogens is 1. The van der Waals surface area contributed by atoms with Gasteiger partial charge in [-0.3, -0.25) is 0 Å². The van der Waals surface area contributed by atoms with Crippen LogP contribution >= 0.6 is 15.9 Å². The number of benzene rings is 2. The second-order valence-electron chi connectivity index (χ2n) is 4.61. The minimum atomic E-state index is -0.996. The van der Waals surface area contributed by atoms with Crippen LogP contribution in [-0.4, -0.2) is 16.1 Å². The van der Waals surface area contributed by atoms with E-state index in [9.17, 15) is 4.79 Å². The fraction of sp³-hybridized carbons (Fsp3) is 0.0667. The second-order valence-corrected chi connectivity index (χ2v) is 5.47. The lowest BCUT2D eigenvalue weighted by Crippen LogP contribution is -1.94. The minimum absolute atomic E-state index is 0.168. The molecule has 0 bridgehead atoms. The number of carbonyl (C=O) groups is 1. The Labute approximate surface area is 128 Å². The molecule has 0 aliphatic carbocycles. The van der Waals surface area contributed by atoms with Gasteiger partial charge in [0.25, 0.3) is 6.01 Å². The van der Waals surface area contributed by atoms with Crippen molar-refractivity contribution in [2.45, 2.75) is 6.92 Å². The molecular weight excluding hydrogens is 336 g/mol. The minimum Gasteiger partial charge on any atom is -0.478 e. The fourth-order valence-corrected chi connectivity index (χ4v) is 2.54. The number of aromatic nitrogens is 1. The van der Waals surface area contributed by atoms with Gasteiger partial charge in [0, 0.05) is 4.47 Å². The molecule has 0 amide bonds. The Balaban J connectivity index is 1.95. The van der Waals surface area contributed by atoms with Crippen molar-refractivity contribution < 1.29 is 14.3 Å². The van der Waals surface area contributed by atoms with Crippen molar-refractivity contribution in [3.05, 3.63) is 52.0 Å². The van der Waals surface area contributed by atoms with Gasteiger partial charge in [0.15, 0.2) is 5.58 Å². The number of nitrogens with zero attached hydrogens (tertiary/aromatic N) is 1. The predicted molar refractivity (Wildman–Crippen MR) is 83.1 cm³/mol. The van der Waals surface area contributed by atoms with Crippen LogP contribution in [0.4, 0.5) is 11.7 Å². The molecule has 0 aliphatic rings. The second kappa shape index (κ2) is 5.21. The summed E-state index contributed by atoms with van der Waals surface area (Å²) in [6, 6.07) is 10.8. The molecule has 3 rings (SSSR count). The van der Waals surface area contributed by atoms with Crippen LogP contribution < -0.4 is 5.32 Å². The topological polar surface area (TPSA) is 75.4 Å². The number of fused-ring (bicyclic) bond motifs is 1. The highest BCUT2D eigenvalue weighted by atomic mass is 79.9. The number of carboxylic acids is 1. The molecule has 5 nitrogen and oxygen atoms in total. The van der Waals surface area contributed by atoms with Gasteiger partial charge < -0.3 is 14.8 Å². The number of aryl methyl sites for hydroxylation is 1. The molecule has 0 aliphatic heterocycles. The molecule has 21 heavy (non-hydrogen) atoms. The molecule has 2 N–H and O–H groups in total. The van der Waals surface area contributed by atoms with E-state index < -0.39 is 5.97 Å². The maximum Gasteiger partial charge on any atom is 0.335 e. The maximum atomic E-state index is 10.9. The molecule has 0 atom stereocenters. The molecule has 1 aromatic heterocycles. The summed E-state index contributed by atoms with van der Waals surface area (Å²) >= 11 is 3.47. The van der Waals surface area contributed by atoms with Gasteiger partial charge in [0.05, 0.1) is 11.3 Å². The third-order valence-electron chi connectivity index (χ3n) is 3.00. The molecule has 1 heterocycles. The average Bonchev–Trinajstić information content (AvgIpc) is 2.83. The molecule has 0 fully saturated rings. The molecule has 106 valence electrons. The highest BCUT2D eigenvalue weighted by molar-refractivity contribution is 9.10. The van der Waals surface area contributed by atoms with E-state index in [4.69, 9.17) is 9.52 Å². The largest absolute Gasteiger partial charge is 0.478 e. The SMILES string of the molecule is Cc1ccc(Nc2nc3ccc(C(=O)O)cc3o2)c(Br)c1. The van der Waals surface area contributed by atoms with E-state index in [1.165, 1.54) is 12.1 Å². The van der Waals surface area contributed by atoms with Crippen LogP contribution in [-0.2, 0) is 0 Å². The lowest BCUT2D eigenvalue weighted by atomic mass is 10.2. The van der Waals surface area contributed by atoms with Gasteiger partial charge >= 0.3 is 5.97 Å². The lowest BCUT2D eigenvalue weighted by molar-refractivity contribution is 0.0697. The van der Waals surface area contributed by atoms with Crippen LogP contribution in [0, 0.1) is 6.92 Å². The van der Waals surface area contributed by atoms with Gasteiger partial charge in [-0.1, -0.05) is 6.07 Å². The number of carboxylic acid groups (broad SMARTS) is 1. The summed E-state index contributed by atoms with van der Waals surface area (Å²) in [5.74, 6) is -0.996. The van der Waals surface area contributed by atoms with Gasteiger partial charge in [-0.15, -0.1) is 0 Å². The Morgan fingerprint density at radius 1 is 1.29 bits per heavy atom. The van der Waals surface area contributed by atoms with Crippen molar-refractivity contribution in [3.8, 4) is 0 Å². The van der Waals surface area contributed by atoms with Crippen molar-refractivity contribution in [3.63, 3.8) is 0 Å². The lowest BCUT2D eigenvalue weighted by Gasteiger charge is -2.04. The maximum absolute atomic E-state index is 10.9. The Morgan fingerprint density at radius 3 is 2.81 bits per heavy atom. The normalized spacial score (nSPS) is 10.8. The number of hydrogen-bond donors (Lipinski definition) is 2. The van der Waals surface area contributed by atoms with Gasteiger partial charge in [0.1, 0.15) is 5.52 Å².